The van der Waals surface area contributed by atoms with Crippen LogP contribution in [0.2, 0.25) is 0 Å². The van der Waals surface area contributed by atoms with E-state index in [4.69, 9.17) is 14.7 Å². The first-order valence-electron chi connectivity index (χ1n) is 10.6. The zero-order valence-corrected chi connectivity index (χ0v) is 23.0. The molecule has 1 aromatic heterocycles. The molecule has 0 amide bonds. The molecule has 0 bridgehead atoms. The minimum Gasteiger partial charge on any atom is -0.375 e. The number of nitrogens with zero attached hydrogens (tertiary/aromatic N) is 4. The van der Waals surface area contributed by atoms with Crippen molar-refractivity contribution in [2.45, 2.75) is 45.9 Å². The third kappa shape index (κ3) is 8.32. The molecule has 2 atom stereocenters. The second-order valence-corrected chi connectivity index (χ2v) is 8.57. The van der Waals surface area contributed by atoms with E-state index in [9.17, 15) is 0 Å². The number of aliphatic imine (C=N–C) groups is 1. The van der Waals surface area contributed by atoms with Crippen molar-refractivity contribution in [2.75, 3.05) is 41.3 Å². The Kier molecular flexibility index (Phi) is 12.6. The number of aromatic nitrogens is 1. The van der Waals surface area contributed by atoms with Crippen LogP contribution in [-0.2, 0) is 17.7 Å². The van der Waals surface area contributed by atoms with Gasteiger partial charge in [0.05, 0.1) is 24.8 Å². The van der Waals surface area contributed by atoms with E-state index in [1.54, 1.807) is 18.4 Å². The molecular formula is C23H38IN5OS. The molecular weight excluding hydrogens is 521 g/mol. The summed E-state index contributed by atoms with van der Waals surface area (Å²) in [5.74, 6) is 0.892. The normalized spacial score (nSPS) is 13.6. The van der Waals surface area contributed by atoms with E-state index in [1.807, 2.05) is 6.92 Å². The van der Waals surface area contributed by atoms with Crippen LogP contribution in [0.5, 0.6) is 0 Å². The van der Waals surface area contributed by atoms with Gasteiger partial charge in [-0.15, -0.1) is 35.3 Å². The molecule has 174 valence electrons. The number of nitrogens with one attached hydrogen (secondary N) is 1. The molecule has 1 heterocycles. The Balaban J connectivity index is 0.00000480. The number of benzene rings is 1. The first-order chi connectivity index (χ1) is 14.4. The summed E-state index contributed by atoms with van der Waals surface area (Å²) in [6.07, 6.45) is 1.08. The summed E-state index contributed by atoms with van der Waals surface area (Å²) in [5, 5.41) is 6.52. The Labute approximate surface area is 209 Å². The lowest BCUT2D eigenvalue weighted by Crippen LogP contribution is -2.39. The number of thiazole rings is 1. The summed E-state index contributed by atoms with van der Waals surface area (Å²) in [5.41, 5.74) is 3.68. The zero-order chi connectivity index (χ0) is 22.1. The van der Waals surface area contributed by atoms with Crippen molar-refractivity contribution in [2.24, 2.45) is 4.99 Å². The van der Waals surface area contributed by atoms with Gasteiger partial charge in [0, 0.05) is 26.1 Å². The summed E-state index contributed by atoms with van der Waals surface area (Å²) >= 11 is 1.64. The molecule has 0 aliphatic rings. The molecule has 0 fully saturated rings. The smallest absolute Gasteiger partial charge is 0.194 e. The van der Waals surface area contributed by atoms with Gasteiger partial charge < -0.3 is 19.9 Å². The number of hydrogen-bond donors (Lipinski definition) is 1. The largest absolute Gasteiger partial charge is 0.375 e. The number of rotatable bonds is 10. The molecule has 0 radical (unpaired) electrons. The summed E-state index contributed by atoms with van der Waals surface area (Å²) in [6, 6.07) is 9.11. The minimum absolute atomic E-state index is 0. The van der Waals surface area contributed by atoms with Crippen molar-refractivity contribution < 1.29 is 4.74 Å². The maximum Gasteiger partial charge on any atom is 0.194 e. The molecule has 6 nitrogen and oxygen atoms in total. The third-order valence-electron chi connectivity index (χ3n) is 5.18. The van der Waals surface area contributed by atoms with Gasteiger partial charge in [-0.05, 0) is 45.5 Å². The monoisotopic (exact) mass is 559 g/mol. The van der Waals surface area contributed by atoms with E-state index in [1.165, 1.54) is 11.1 Å². The molecule has 0 saturated heterocycles. The zero-order valence-electron chi connectivity index (χ0n) is 19.9. The van der Waals surface area contributed by atoms with Crippen molar-refractivity contribution in [3.63, 3.8) is 0 Å². The maximum atomic E-state index is 5.38. The van der Waals surface area contributed by atoms with Crippen molar-refractivity contribution in [3.8, 4) is 0 Å². The summed E-state index contributed by atoms with van der Waals surface area (Å²) < 4.78 is 5.38. The van der Waals surface area contributed by atoms with Crippen LogP contribution in [0.1, 0.15) is 54.7 Å². The summed E-state index contributed by atoms with van der Waals surface area (Å²) in [7, 11) is 7.99. The van der Waals surface area contributed by atoms with Crippen molar-refractivity contribution in [3.05, 3.63) is 51.5 Å². The fraction of sp³-hybridized carbons (Fsp3) is 0.565. The van der Waals surface area contributed by atoms with Crippen LogP contribution in [-0.4, -0.2) is 62.1 Å². The lowest BCUT2D eigenvalue weighted by molar-refractivity contribution is 0.119. The molecule has 8 heteroatoms. The van der Waals surface area contributed by atoms with E-state index in [-0.39, 0.29) is 36.1 Å². The number of aryl methyl sites for hydroxylation is 1. The summed E-state index contributed by atoms with van der Waals surface area (Å²) in [6.45, 7) is 8.51. The van der Waals surface area contributed by atoms with Gasteiger partial charge in [0.15, 0.2) is 5.96 Å². The number of ether oxygens (including phenoxy) is 1. The Morgan fingerprint density at radius 2 is 1.87 bits per heavy atom. The van der Waals surface area contributed by atoms with Gasteiger partial charge in [-0.1, -0.05) is 31.2 Å². The van der Waals surface area contributed by atoms with Crippen molar-refractivity contribution in [1.29, 1.82) is 0 Å². The van der Waals surface area contributed by atoms with Gasteiger partial charge in [0.2, 0.25) is 0 Å². The highest BCUT2D eigenvalue weighted by Gasteiger charge is 2.16. The Bertz CT molecular complexity index is 794. The molecule has 2 aromatic rings. The topological polar surface area (TPSA) is 53.0 Å². The van der Waals surface area contributed by atoms with Gasteiger partial charge in [-0.2, -0.15) is 0 Å². The molecule has 1 aromatic carbocycles. The van der Waals surface area contributed by atoms with Crippen LogP contribution in [0.3, 0.4) is 0 Å². The Morgan fingerprint density at radius 3 is 2.42 bits per heavy atom. The minimum atomic E-state index is 0. The van der Waals surface area contributed by atoms with Crippen LogP contribution in [0, 0.1) is 0 Å². The average Bonchev–Trinajstić information content (AvgIpc) is 3.21. The van der Waals surface area contributed by atoms with Gasteiger partial charge in [0.1, 0.15) is 11.1 Å². The van der Waals surface area contributed by atoms with E-state index < -0.39 is 0 Å². The highest BCUT2D eigenvalue weighted by molar-refractivity contribution is 14.0. The predicted octanol–water partition coefficient (Wildman–Crippen LogP) is 4.73. The predicted molar refractivity (Wildman–Crippen MR) is 143 cm³/mol. The molecule has 0 saturated carbocycles. The van der Waals surface area contributed by atoms with Crippen molar-refractivity contribution >= 4 is 41.3 Å². The number of likely N-dealkylation sites (N-methyl/N-ethyl adjacent to an activating group) is 1. The lowest BCUT2D eigenvalue weighted by Gasteiger charge is -2.26. The molecule has 0 spiro atoms. The number of hydrogen-bond acceptors (Lipinski definition) is 5. The van der Waals surface area contributed by atoms with E-state index in [0.717, 1.165) is 29.6 Å². The third-order valence-corrected chi connectivity index (χ3v) is 6.23. The van der Waals surface area contributed by atoms with Crippen LogP contribution < -0.4 is 5.32 Å². The van der Waals surface area contributed by atoms with Gasteiger partial charge in [-0.3, -0.25) is 4.99 Å². The maximum absolute atomic E-state index is 5.38. The first kappa shape index (κ1) is 27.8. The lowest BCUT2D eigenvalue weighted by atomic mass is 10.0. The first-order valence-corrected chi connectivity index (χ1v) is 11.5. The van der Waals surface area contributed by atoms with Crippen molar-refractivity contribution in [1.82, 2.24) is 20.1 Å². The molecule has 1 N–H and O–H groups in total. The number of methoxy groups -OCH3 is 1. The second-order valence-electron chi connectivity index (χ2n) is 7.68. The average molecular weight is 560 g/mol. The number of guanidine groups is 1. The second kappa shape index (κ2) is 14.0. The fourth-order valence-electron chi connectivity index (χ4n) is 3.19. The van der Waals surface area contributed by atoms with Gasteiger partial charge in [0.25, 0.3) is 0 Å². The molecule has 0 aliphatic carbocycles. The molecule has 2 unspecified atom stereocenters. The fourth-order valence-corrected chi connectivity index (χ4v) is 4.03. The van der Waals surface area contributed by atoms with Gasteiger partial charge in [-0.25, -0.2) is 4.98 Å². The van der Waals surface area contributed by atoms with E-state index in [0.29, 0.717) is 13.1 Å². The highest BCUT2D eigenvalue weighted by Crippen LogP contribution is 2.22. The SMILES string of the molecule is CCNC(=NCC(c1ccc(CC)cc1)N(C)C)N(C)Cc1csc(C(C)OC)n1.I. The van der Waals surface area contributed by atoms with Gasteiger partial charge >= 0.3 is 0 Å². The Hall–Kier alpha value is -1.23. The quantitative estimate of drug-likeness (QED) is 0.259. The molecule has 0 aliphatic heterocycles. The highest BCUT2D eigenvalue weighted by atomic mass is 127. The molecule has 2 rings (SSSR count). The van der Waals surface area contributed by atoms with Crippen LogP contribution in [0.25, 0.3) is 0 Å². The van der Waals surface area contributed by atoms with Crippen LogP contribution in [0.4, 0.5) is 0 Å². The van der Waals surface area contributed by atoms with Crippen LogP contribution >= 0.6 is 35.3 Å². The number of halogens is 1. The van der Waals surface area contributed by atoms with E-state index in [2.05, 4.69) is 79.8 Å². The standard InChI is InChI=1S/C23H37N5OS.HI/c1-8-18-10-12-19(13-11-18)21(27(4)5)14-25-23(24-9-2)28(6)15-20-16-30-22(26-20)17(3)29-7;/h10-13,16-17,21H,8-9,14-15H2,1-7H3,(H,24,25);1H. The summed E-state index contributed by atoms with van der Waals surface area (Å²) in [4.78, 5) is 14.0. The molecule has 31 heavy (non-hydrogen) atoms. The Morgan fingerprint density at radius 1 is 1.19 bits per heavy atom. The van der Waals surface area contributed by atoms with E-state index >= 15 is 0 Å². The van der Waals surface area contributed by atoms with Crippen LogP contribution in [0.15, 0.2) is 34.6 Å².